The summed E-state index contributed by atoms with van der Waals surface area (Å²) in [5.74, 6) is 2.11. The molecule has 2 nitrogen and oxygen atoms in total. The Kier molecular flexibility index (Phi) is 5.84. The van der Waals surface area contributed by atoms with Crippen LogP contribution in [-0.4, -0.2) is 41.1 Å². The second-order valence-electron chi connectivity index (χ2n) is 5.96. The van der Waals surface area contributed by atoms with Crippen LogP contribution in [0.2, 0.25) is 0 Å². The standard InChI is InChI=1S/C15H30N2S/c1-3-17(14-9-6-10-18-12(14)2)15-8-5-4-7-13(15)11-16/h12-15H,3-11,16H2,1-2H3. The molecule has 106 valence electrons. The maximum Gasteiger partial charge on any atom is 0.0215 e. The number of hydrogen-bond acceptors (Lipinski definition) is 3. The van der Waals surface area contributed by atoms with E-state index in [-0.39, 0.29) is 0 Å². The molecule has 1 aliphatic heterocycles. The van der Waals surface area contributed by atoms with Gasteiger partial charge in [0.05, 0.1) is 0 Å². The fourth-order valence-corrected chi connectivity index (χ4v) is 5.18. The van der Waals surface area contributed by atoms with Gasteiger partial charge in [0.25, 0.3) is 0 Å². The first kappa shape index (κ1) is 14.7. The lowest BCUT2D eigenvalue weighted by Gasteiger charge is -2.46. The Bertz CT molecular complexity index is 247. The molecule has 0 aromatic rings. The van der Waals surface area contributed by atoms with Crippen LogP contribution in [0.1, 0.15) is 52.4 Å². The van der Waals surface area contributed by atoms with Gasteiger partial charge in [-0.3, -0.25) is 4.90 Å². The summed E-state index contributed by atoms with van der Waals surface area (Å²) in [6, 6.07) is 1.56. The van der Waals surface area contributed by atoms with Crippen molar-refractivity contribution in [2.75, 3.05) is 18.8 Å². The smallest absolute Gasteiger partial charge is 0.0215 e. The Morgan fingerprint density at radius 2 is 1.83 bits per heavy atom. The Hall–Kier alpha value is 0.270. The van der Waals surface area contributed by atoms with E-state index in [0.717, 1.165) is 29.8 Å². The fourth-order valence-electron chi connectivity index (χ4n) is 3.96. The van der Waals surface area contributed by atoms with Gasteiger partial charge in [-0.15, -0.1) is 0 Å². The molecule has 0 aromatic carbocycles. The zero-order valence-electron chi connectivity index (χ0n) is 12.1. The van der Waals surface area contributed by atoms with Crippen LogP contribution in [-0.2, 0) is 0 Å². The van der Waals surface area contributed by atoms with Crippen molar-refractivity contribution in [3.63, 3.8) is 0 Å². The van der Waals surface area contributed by atoms with Crippen molar-refractivity contribution in [1.29, 1.82) is 0 Å². The first-order chi connectivity index (χ1) is 8.77. The summed E-state index contributed by atoms with van der Waals surface area (Å²) in [4.78, 5) is 2.81. The van der Waals surface area contributed by atoms with Crippen LogP contribution in [0.15, 0.2) is 0 Å². The molecule has 4 atom stereocenters. The van der Waals surface area contributed by atoms with E-state index in [0.29, 0.717) is 0 Å². The number of nitrogens with two attached hydrogens (primary N) is 1. The van der Waals surface area contributed by atoms with Crippen LogP contribution < -0.4 is 5.73 Å². The van der Waals surface area contributed by atoms with Gasteiger partial charge in [-0.1, -0.05) is 26.7 Å². The summed E-state index contributed by atoms with van der Waals surface area (Å²) < 4.78 is 0. The summed E-state index contributed by atoms with van der Waals surface area (Å²) in [6.07, 6.45) is 8.33. The van der Waals surface area contributed by atoms with Gasteiger partial charge in [0.2, 0.25) is 0 Å². The molecule has 0 radical (unpaired) electrons. The molecule has 2 aliphatic rings. The maximum atomic E-state index is 6.02. The Morgan fingerprint density at radius 1 is 1.11 bits per heavy atom. The highest BCUT2D eigenvalue weighted by Crippen LogP contribution is 2.35. The molecule has 0 aromatic heterocycles. The highest BCUT2D eigenvalue weighted by atomic mass is 32.2. The van der Waals surface area contributed by atoms with E-state index in [9.17, 15) is 0 Å². The second kappa shape index (κ2) is 7.16. The lowest BCUT2D eigenvalue weighted by atomic mass is 9.82. The molecule has 4 unspecified atom stereocenters. The molecule has 2 N–H and O–H groups in total. The van der Waals surface area contributed by atoms with Crippen molar-refractivity contribution in [2.24, 2.45) is 11.7 Å². The molecule has 0 bridgehead atoms. The minimum Gasteiger partial charge on any atom is -0.330 e. The van der Waals surface area contributed by atoms with Gasteiger partial charge in [0.15, 0.2) is 0 Å². The van der Waals surface area contributed by atoms with Gasteiger partial charge in [-0.2, -0.15) is 11.8 Å². The fraction of sp³-hybridized carbons (Fsp3) is 1.00. The van der Waals surface area contributed by atoms with Crippen molar-refractivity contribution >= 4 is 11.8 Å². The monoisotopic (exact) mass is 270 g/mol. The minimum atomic E-state index is 0.748. The maximum absolute atomic E-state index is 6.02. The molecule has 1 saturated heterocycles. The van der Waals surface area contributed by atoms with Gasteiger partial charge in [-0.05, 0) is 50.4 Å². The van der Waals surface area contributed by atoms with Crippen molar-refractivity contribution in [3.8, 4) is 0 Å². The van der Waals surface area contributed by atoms with Crippen LogP contribution in [0, 0.1) is 5.92 Å². The third-order valence-corrected chi connectivity index (χ3v) is 6.32. The average molecular weight is 270 g/mol. The topological polar surface area (TPSA) is 29.3 Å². The molecule has 1 heterocycles. The number of nitrogens with zero attached hydrogens (tertiary/aromatic N) is 1. The molecule has 0 amide bonds. The van der Waals surface area contributed by atoms with E-state index < -0.39 is 0 Å². The van der Waals surface area contributed by atoms with E-state index in [2.05, 4.69) is 30.5 Å². The first-order valence-corrected chi connectivity index (χ1v) is 8.90. The summed E-state index contributed by atoms with van der Waals surface area (Å²) in [5, 5.41) is 0.805. The van der Waals surface area contributed by atoms with Gasteiger partial charge >= 0.3 is 0 Å². The van der Waals surface area contributed by atoms with Gasteiger partial charge in [0, 0.05) is 17.3 Å². The predicted octanol–water partition coefficient (Wildman–Crippen LogP) is 3.11. The lowest BCUT2D eigenvalue weighted by molar-refractivity contribution is 0.0651. The highest BCUT2D eigenvalue weighted by Gasteiger charge is 2.35. The number of hydrogen-bond donors (Lipinski definition) is 1. The van der Waals surface area contributed by atoms with Gasteiger partial charge in [-0.25, -0.2) is 0 Å². The summed E-state index contributed by atoms with van der Waals surface area (Å²) in [5.41, 5.74) is 6.02. The van der Waals surface area contributed by atoms with Crippen LogP contribution in [0.5, 0.6) is 0 Å². The van der Waals surface area contributed by atoms with Crippen molar-refractivity contribution in [1.82, 2.24) is 4.90 Å². The van der Waals surface area contributed by atoms with E-state index in [4.69, 9.17) is 5.73 Å². The number of rotatable bonds is 4. The Balaban J connectivity index is 2.05. The van der Waals surface area contributed by atoms with Crippen LogP contribution in [0.4, 0.5) is 0 Å². The summed E-state index contributed by atoms with van der Waals surface area (Å²) >= 11 is 2.17. The zero-order valence-corrected chi connectivity index (χ0v) is 12.9. The van der Waals surface area contributed by atoms with E-state index >= 15 is 0 Å². The van der Waals surface area contributed by atoms with Gasteiger partial charge in [0.1, 0.15) is 0 Å². The predicted molar refractivity (Wildman–Crippen MR) is 82.1 cm³/mol. The molecule has 2 fully saturated rings. The van der Waals surface area contributed by atoms with E-state index in [1.165, 1.54) is 50.8 Å². The lowest BCUT2D eigenvalue weighted by Crippen LogP contribution is -2.53. The summed E-state index contributed by atoms with van der Waals surface area (Å²) in [7, 11) is 0. The minimum absolute atomic E-state index is 0.748. The number of thioether (sulfide) groups is 1. The second-order valence-corrected chi connectivity index (χ2v) is 7.45. The molecule has 1 aliphatic carbocycles. The first-order valence-electron chi connectivity index (χ1n) is 7.85. The molecule has 18 heavy (non-hydrogen) atoms. The Labute approximate surface area is 117 Å². The van der Waals surface area contributed by atoms with Crippen molar-refractivity contribution < 1.29 is 0 Å². The zero-order chi connectivity index (χ0) is 13.0. The van der Waals surface area contributed by atoms with Gasteiger partial charge < -0.3 is 5.73 Å². The third-order valence-electron chi connectivity index (χ3n) is 4.96. The molecular formula is C15H30N2S. The average Bonchev–Trinajstić information content (AvgIpc) is 2.42. The summed E-state index contributed by atoms with van der Waals surface area (Å²) in [6.45, 7) is 6.86. The van der Waals surface area contributed by atoms with E-state index in [1.54, 1.807) is 0 Å². The third kappa shape index (κ3) is 3.23. The van der Waals surface area contributed by atoms with Crippen LogP contribution in [0.25, 0.3) is 0 Å². The molecule has 0 spiro atoms. The van der Waals surface area contributed by atoms with Crippen molar-refractivity contribution in [2.45, 2.75) is 69.7 Å². The normalized spacial score (nSPS) is 38.0. The SMILES string of the molecule is CCN(C1CCCCC1CN)C1CCCSC1C. The van der Waals surface area contributed by atoms with Crippen molar-refractivity contribution in [3.05, 3.63) is 0 Å². The molecular weight excluding hydrogens is 240 g/mol. The molecule has 1 saturated carbocycles. The molecule has 3 heteroatoms. The van der Waals surface area contributed by atoms with Crippen LogP contribution >= 0.6 is 11.8 Å². The Morgan fingerprint density at radius 3 is 2.50 bits per heavy atom. The van der Waals surface area contributed by atoms with E-state index in [1.807, 2.05) is 0 Å². The van der Waals surface area contributed by atoms with Crippen LogP contribution in [0.3, 0.4) is 0 Å². The molecule has 2 rings (SSSR count). The quantitative estimate of drug-likeness (QED) is 0.851. The highest BCUT2D eigenvalue weighted by molar-refractivity contribution is 7.99. The largest absolute Gasteiger partial charge is 0.330 e.